The van der Waals surface area contributed by atoms with Crippen molar-refractivity contribution in [3.63, 3.8) is 0 Å². The number of nitrogens with one attached hydrogen (secondary N) is 1. The number of rotatable bonds is 7. The number of amides is 1. The van der Waals surface area contributed by atoms with Gasteiger partial charge in [0.15, 0.2) is 0 Å². The van der Waals surface area contributed by atoms with Crippen LogP contribution in [0.3, 0.4) is 0 Å². The van der Waals surface area contributed by atoms with Gasteiger partial charge in [0.2, 0.25) is 5.91 Å². The van der Waals surface area contributed by atoms with E-state index >= 15 is 0 Å². The van der Waals surface area contributed by atoms with E-state index in [1.807, 2.05) is 31.5 Å². The predicted octanol–water partition coefficient (Wildman–Crippen LogP) is 4.16. The number of carbonyl (C=O) groups is 3. The Hall–Kier alpha value is -3.20. The van der Waals surface area contributed by atoms with Crippen LogP contribution in [0.25, 0.3) is 0 Å². The Balaban J connectivity index is 0.000000720. The van der Waals surface area contributed by atoms with Gasteiger partial charge in [-0.1, -0.05) is 6.07 Å². The highest BCUT2D eigenvalue weighted by Gasteiger charge is 2.38. The fourth-order valence-electron chi connectivity index (χ4n) is 2.34. The standard InChI is InChI=1S/C17H23N3OS.2C2HF3O2/c1-13-9-14(2)19-15(10-13)12-20(3)7-6-17(21)18-11-16-5-4-8-22-16;2*3-2(4,5)1(6)7/h4-5,8-10H,6-7,11-12H2,1-3H3,(H,18,21);2*(H,6,7). The van der Waals surface area contributed by atoms with Crippen molar-refractivity contribution in [1.29, 1.82) is 0 Å². The molecular weight excluding hydrogens is 520 g/mol. The smallest absolute Gasteiger partial charge is 0.475 e. The number of aliphatic carboxylic acids is 2. The summed E-state index contributed by atoms with van der Waals surface area (Å²) in [7, 11) is 2.02. The van der Waals surface area contributed by atoms with Gasteiger partial charge in [-0.2, -0.15) is 26.3 Å². The summed E-state index contributed by atoms with van der Waals surface area (Å²) in [5, 5.41) is 19.2. The van der Waals surface area contributed by atoms with Gasteiger partial charge < -0.3 is 20.4 Å². The van der Waals surface area contributed by atoms with Crippen molar-refractivity contribution in [3.05, 3.63) is 51.5 Å². The second kappa shape index (κ2) is 15.0. The lowest BCUT2D eigenvalue weighted by Gasteiger charge is -2.16. The van der Waals surface area contributed by atoms with Crippen LogP contribution in [0.2, 0.25) is 0 Å². The number of carboxylic acids is 2. The molecule has 0 radical (unpaired) electrons. The molecule has 0 saturated carbocycles. The summed E-state index contributed by atoms with van der Waals surface area (Å²) in [6.07, 6.45) is -9.66. The molecule has 0 aliphatic rings. The van der Waals surface area contributed by atoms with Gasteiger partial charge in [0.05, 0.1) is 12.2 Å². The molecule has 0 saturated heterocycles. The Bertz CT molecular complexity index is 937. The number of nitrogens with zero attached hydrogens (tertiary/aromatic N) is 2. The first-order valence-electron chi connectivity index (χ1n) is 9.93. The average Bonchev–Trinajstić information content (AvgIpc) is 3.23. The number of hydrogen-bond donors (Lipinski definition) is 3. The molecule has 0 bridgehead atoms. The third-order valence-corrected chi connectivity index (χ3v) is 4.70. The van der Waals surface area contributed by atoms with Crippen LogP contribution in [-0.2, 0) is 27.5 Å². The number of pyridine rings is 1. The van der Waals surface area contributed by atoms with Crippen LogP contribution in [0.5, 0.6) is 0 Å². The molecule has 0 aliphatic carbocycles. The Labute approximate surface area is 206 Å². The maximum Gasteiger partial charge on any atom is 0.490 e. The molecule has 8 nitrogen and oxygen atoms in total. The molecule has 1 amide bonds. The third kappa shape index (κ3) is 15.7. The van der Waals surface area contributed by atoms with Gasteiger partial charge in [0, 0.05) is 30.1 Å². The monoisotopic (exact) mass is 545 g/mol. The highest BCUT2D eigenvalue weighted by Crippen LogP contribution is 2.14. The number of hydrogen-bond acceptors (Lipinski definition) is 6. The summed E-state index contributed by atoms with van der Waals surface area (Å²) in [4.78, 5) is 37.5. The van der Waals surface area contributed by atoms with E-state index in [1.165, 1.54) is 10.4 Å². The lowest BCUT2D eigenvalue weighted by Crippen LogP contribution is -2.28. The van der Waals surface area contributed by atoms with Crippen LogP contribution < -0.4 is 5.32 Å². The summed E-state index contributed by atoms with van der Waals surface area (Å²) < 4.78 is 63.5. The summed E-state index contributed by atoms with van der Waals surface area (Å²) in [5.74, 6) is -5.42. The van der Waals surface area contributed by atoms with E-state index in [-0.39, 0.29) is 5.91 Å². The first-order chi connectivity index (χ1) is 16.4. The maximum atomic E-state index is 11.9. The molecule has 0 unspecified atom stereocenters. The first kappa shape index (κ1) is 32.8. The summed E-state index contributed by atoms with van der Waals surface area (Å²) in [6, 6.07) is 8.20. The van der Waals surface area contributed by atoms with Crippen LogP contribution in [0, 0.1) is 13.8 Å². The molecule has 0 spiro atoms. The number of aromatic nitrogens is 1. The second-order valence-electron chi connectivity index (χ2n) is 7.23. The lowest BCUT2D eigenvalue weighted by molar-refractivity contribution is -0.193. The highest BCUT2D eigenvalue weighted by molar-refractivity contribution is 7.09. The van der Waals surface area contributed by atoms with Crippen molar-refractivity contribution in [2.24, 2.45) is 0 Å². The normalized spacial score (nSPS) is 11.1. The fraction of sp³-hybridized carbons (Fsp3) is 0.429. The van der Waals surface area contributed by atoms with Gasteiger partial charge >= 0.3 is 24.3 Å². The topological polar surface area (TPSA) is 120 Å². The summed E-state index contributed by atoms with van der Waals surface area (Å²) in [5.41, 5.74) is 3.32. The number of aryl methyl sites for hydroxylation is 2. The van der Waals surface area contributed by atoms with Crippen LogP contribution in [-0.4, -0.2) is 63.9 Å². The number of carbonyl (C=O) groups excluding carboxylic acids is 1. The van der Waals surface area contributed by atoms with E-state index in [0.29, 0.717) is 13.0 Å². The van der Waals surface area contributed by atoms with Crippen molar-refractivity contribution in [3.8, 4) is 0 Å². The molecule has 36 heavy (non-hydrogen) atoms. The second-order valence-corrected chi connectivity index (χ2v) is 8.26. The quantitative estimate of drug-likeness (QED) is 0.447. The van der Waals surface area contributed by atoms with Gasteiger partial charge in [-0.25, -0.2) is 9.59 Å². The van der Waals surface area contributed by atoms with Crippen LogP contribution in [0.15, 0.2) is 29.6 Å². The Morgan fingerprint density at radius 2 is 1.56 bits per heavy atom. The summed E-state index contributed by atoms with van der Waals surface area (Å²) >= 11 is 1.66. The number of thiophene rings is 1. The third-order valence-electron chi connectivity index (χ3n) is 3.83. The molecule has 15 heteroatoms. The van der Waals surface area contributed by atoms with E-state index < -0.39 is 24.3 Å². The Morgan fingerprint density at radius 3 is 1.97 bits per heavy atom. The van der Waals surface area contributed by atoms with Crippen molar-refractivity contribution >= 4 is 29.2 Å². The molecule has 2 heterocycles. The number of alkyl halides is 6. The van der Waals surface area contributed by atoms with E-state index in [1.54, 1.807) is 11.3 Å². The van der Waals surface area contributed by atoms with Crippen LogP contribution >= 0.6 is 11.3 Å². The van der Waals surface area contributed by atoms with Crippen molar-refractivity contribution in [1.82, 2.24) is 15.2 Å². The van der Waals surface area contributed by atoms with Gasteiger partial charge in [-0.15, -0.1) is 11.3 Å². The molecule has 0 aromatic carbocycles. The van der Waals surface area contributed by atoms with Crippen LogP contribution in [0.1, 0.15) is 28.2 Å². The van der Waals surface area contributed by atoms with Gasteiger partial charge in [-0.05, 0) is 50.0 Å². The first-order valence-corrected chi connectivity index (χ1v) is 10.8. The number of halogens is 6. The maximum absolute atomic E-state index is 11.9. The van der Waals surface area contributed by atoms with E-state index in [2.05, 4.69) is 34.3 Å². The van der Waals surface area contributed by atoms with Gasteiger partial charge in [0.25, 0.3) is 0 Å². The molecular formula is C21H25F6N3O5S. The molecule has 3 N–H and O–H groups in total. The van der Waals surface area contributed by atoms with E-state index in [9.17, 15) is 31.1 Å². The minimum Gasteiger partial charge on any atom is -0.475 e. The SMILES string of the molecule is Cc1cc(C)nc(CN(C)CCC(=O)NCc2cccs2)c1.O=C(O)C(F)(F)F.O=C(O)C(F)(F)F. The minimum absolute atomic E-state index is 0.0913. The highest BCUT2D eigenvalue weighted by atomic mass is 32.1. The zero-order chi connectivity index (χ0) is 28.1. The van der Waals surface area contributed by atoms with Crippen LogP contribution in [0.4, 0.5) is 26.3 Å². The zero-order valence-electron chi connectivity index (χ0n) is 19.4. The van der Waals surface area contributed by atoms with Gasteiger partial charge in [0.1, 0.15) is 0 Å². The lowest BCUT2D eigenvalue weighted by atomic mass is 10.2. The molecule has 2 rings (SSSR count). The predicted molar refractivity (Wildman–Crippen MR) is 118 cm³/mol. The zero-order valence-corrected chi connectivity index (χ0v) is 20.2. The van der Waals surface area contributed by atoms with E-state index in [4.69, 9.17) is 19.8 Å². The molecule has 0 atom stereocenters. The molecule has 2 aromatic heterocycles. The fourth-order valence-corrected chi connectivity index (χ4v) is 2.99. The average molecular weight is 546 g/mol. The molecule has 0 aliphatic heterocycles. The van der Waals surface area contributed by atoms with Crippen molar-refractivity contribution in [2.45, 2.75) is 45.7 Å². The largest absolute Gasteiger partial charge is 0.490 e. The van der Waals surface area contributed by atoms with Gasteiger partial charge in [-0.3, -0.25) is 9.78 Å². The van der Waals surface area contributed by atoms with Crippen molar-refractivity contribution in [2.75, 3.05) is 13.6 Å². The Morgan fingerprint density at radius 1 is 1.03 bits per heavy atom. The molecule has 2 aromatic rings. The molecule has 202 valence electrons. The minimum atomic E-state index is -5.08. The molecule has 0 fully saturated rings. The number of carboxylic acid groups (broad SMARTS) is 2. The Kier molecular flexibility index (Phi) is 13.7. The summed E-state index contributed by atoms with van der Waals surface area (Å²) in [6.45, 7) is 6.20. The van der Waals surface area contributed by atoms with E-state index in [0.717, 1.165) is 24.5 Å². The van der Waals surface area contributed by atoms with Crippen molar-refractivity contribution < 1.29 is 50.9 Å².